The first kappa shape index (κ1) is 41.8. The molecular formula is C35H70Cl3ISi. The summed E-state index contributed by atoms with van der Waals surface area (Å²) in [7, 11) is 0. The van der Waals surface area contributed by atoms with Crippen molar-refractivity contribution in [2.24, 2.45) is 0 Å². The van der Waals surface area contributed by atoms with Crippen LogP contribution in [0.2, 0.25) is 6.04 Å². The summed E-state index contributed by atoms with van der Waals surface area (Å²) in [6, 6.07) is -1.54. The van der Waals surface area contributed by atoms with Crippen LogP contribution in [0.5, 0.6) is 0 Å². The van der Waals surface area contributed by atoms with Gasteiger partial charge in [0, 0.05) is 0 Å². The summed E-state index contributed by atoms with van der Waals surface area (Å²) in [5.74, 6) is 0. The number of halogens is 4. The van der Waals surface area contributed by atoms with E-state index in [0.717, 1.165) is 12.5 Å². The third-order valence-electron chi connectivity index (χ3n) is 8.59. The maximum atomic E-state index is 5.93. The van der Waals surface area contributed by atoms with E-state index >= 15 is 0 Å². The van der Waals surface area contributed by atoms with Crippen LogP contribution >= 0.6 is 55.8 Å². The van der Waals surface area contributed by atoms with E-state index in [4.69, 9.17) is 33.2 Å². The monoisotopic (exact) mass is 750 g/mol. The highest BCUT2D eigenvalue weighted by Gasteiger charge is 2.23. The summed E-state index contributed by atoms with van der Waals surface area (Å²) < 4.78 is 1.34. The lowest BCUT2D eigenvalue weighted by Crippen LogP contribution is -2.07. The molecule has 0 spiro atoms. The summed E-state index contributed by atoms with van der Waals surface area (Å²) in [4.78, 5) is 0. The van der Waals surface area contributed by atoms with Gasteiger partial charge in [0.15, 0.2) is 0 Å². The SMILES string of the molecule is Cl[Si](Cl)(Cl)CCCCCCCCCCCCCCCCCCCCCCCCCCCCCCCCCCCI. The highest BCUT2D eigenvalue weighted by molar-refractivity contribution is 14.1. The van der Waals surface area contributed by atoms with Crippen molar-refractivity contribution in [2.45, 2.75) is 218 Å². The van der Waals surface area contributed by atoms with Crippen molar-refractivity contribution >= 4 is 61.8 Å². The Morgan fingerprint density at radius 1 is 0.250 bits per heavy atom. The molecule has 0 aliphatic rings. The molecule has 0 bridgehead atoms. The predicted octanol–water partition coefficient (Wildman–Crippen LogP) is 15.9. The Bertz CT molecular complexity index is 458. The van der Waals surface area contributed by atoms with Gasteiger partial charge in [-0.15, -0.1) is 33.2 Å². The third-order valence-corrected chi connectivity index (χ3v) is 12.0. The maximum Gasteiger partial charge on any atom is 0.341 e. The fraction of sp³-hybridized carbons (Fsp3) is 1.00. The van der Waals surface area contributed by atoms with Crippen LogP contribution in [0.25, 0.3) is 0 Å². The molecule has 0 aliphatic carbocycles. The van der Waals surface area contributed by atoms with Crippen LogP contribution in [-0.2, 0) is 0 Å². The molecule has 242 valence electrons. The van der Waals surface area contributed by atoms with Crippen molar-refractivity contribution in [2.75, 3.05) is 4.43 Å². The van der Waals surface area contributed by atoms with Crippen LogP contribution in [0, 0.1) is 0 Å². The van der Waals surface area contributed by atoms with Crippen molar-refractivity contribution in [3.05, 3.63) is 0 Å². The molecule has 0 N–H and O–H groups in total. The topological polar surface area (TPSA) is 0 Å². The average Bonchev–Trinajstić information content (AvgIpc) is 2.92. The Kier molecular flexibility index (Phi) is 36.9. The minimum absolute atomic E-state index is 0.831. The van der Waals surface area contributed by atoms with Crippen molar-refractivity contribution in [3.63, 3.8) is 0 Å². The van der Waals surface area contributed by atoms with Gasteiger partial charge in [0.1, 0.15) is 0 Å². The number of unbranched alkanes of at least 4 members (excludes halogenated alkanes) is 32. The standard InChI is InChI=1S/C35H70Cl3ISi/c36-40(37,38)35-33-31-29-27-25-23-21-19-17-15-13-11-9-7-5-3-1-2-4-6-8-10-12-14-16-18-20-22-24-26-28-30-32-34-39/h1-35H2. The summed E-state index contributed by atoms with van der Waals surface area (Å²) >= 11 is 20.3. The minimum atomic E-state index is -2.37. The molecule has 0 aromatic rings. The summed E-state index contributed by atoms with van der Waals surface area (Å²) in [6.07, 6.45) is 47.6. The van der Waals surface area contributed by atoms with Gasteiger partial charge in [0.2, 0.25) is 0 Å². The molecule has 0 atom stereocenters. The van der Waals surface area contributed by atoms with Crippen LogP contribution in [0.3, 0.4) is 0 Å². The molecule has 0 unspecified atom stereocenters. The molecule has 0 nitrogen and oxygen atoms in total. The Hall–Kier alpha value is 1.82. The number of alkyl halides is 1. The zero-order valence-corrected chi connectivity index (χ0v) is 32.2. The summed E-state index contributed by atoms with van der Waals surface area (Å²) in [6.45, 7) is 0. The van der Waals surface area contributed by atoms with E-state index in [1.54, 1.807) is 0 Å². The molecule has 0 aromatic heterocycles. The smallest absolute Gasteiger partial charge is 0.126 e. The second-order valence-corrected chi connectivity index (χ2v) is 23.1. The maximum absolute atomic E-state index is 5.93. The zero-order chi connectivity index (χ0) is 29.2. The van der Waals surface area contributed by atoms with Crippen molar-refractivity contribution in [1.82, 2.24) is 0 Å². The summed E-state index contributed by atoms with van der Waals surface area (Å²) in [5, 5.41) is 0. The molecule has 40 heavy (non-hydrogen) atoms. The molecule has 5 heteroatoms. The van der Waals surface area contributed by atoms with E-state index in [9.17, 15) is 0 Å². The van der Waals surface area contributed by atoms with Crippen LogP contribution in [0.15, 0.2) is 0 Å². The Labute approximate surface area is 282 Å². The molecule has 0 saturated heterocycles. The second-order valence-electron chi connectivity index (χ2n) is 12.7. The van der Waals surface area contributed by atoms with Crippen LogP contribution in [0.1, 0.15) is 212 Å². The fourth-order valence-electron chi connectivity index (χ4n) is 5.90. The van der Waals surface area contributed by atoms with Crippen molar-refractivity contribution < 1.29 is 0 Å². The first-order valence-corrected chi connectivity index (χ1v) is 25.0. The van der Waals surface area contributed by atoms with Gasteiger partial charge in [-0.3, -0.25) is 0 Å². The Balaban J connectivity index is 3.04. The average molecular weight is 752 g/mol. The zero-order valence-electron chi connectivity index (χ0n) is 26.8. The molecular weight excluding hydrogens is 682 g/mol. The van der Waals surface area contributed by atoms with Gasteiger partial charge in [0.05, 0.1) is 0 Å². The van der Waals surface area contributed by atoms with Gasteiger partial charge in [-0.2, -0.15) is 0 Å². The number of hydrogen-bond acceptors (Lipinski definition) is 0. The normalized spacial score (nSPS) is 12.0. The van der Waals surface area contributed by atoms with E-state index in [1.807, 2.05) is 0 Å². The van der Waals surface area contributed by atoms with E-state index in [0.29, 0.717) is 0 Å². The largest absolute Gasteiger partial charge is 0.341 e. The van der Waals surface area contributed by atoms with E-state index < -0.39 is 6.00 Å². The highest BCUT2D eigenvalue weighted by Crippen LogP contribution is 2.27. The third kappa shape index (κ3) is 39.8. The highest BCUT2D eigenvalue weighted by atomic mass is 127. The lowest BCUT2D eigenvalue weighted by molar-refractivity contribution is 0.512. The van der Waals surface area contributed by atoms with Crippen molar-refractivity contribution in [1.29, 1.82) is 0 Å². The molecule has 0 saturated carbocycles. The minimum Gasteiger partial charge on any atom is -0.126 e. The summed E-state index contributed by atoms with van der Waals surface area (Å²) in [5.41, 5.74) is 0. The van der Waals surface area contributed by atoms with Gasteiger partial charge in [-0.1, -0.05) is 228 Å². The Morgan fingerprint density at radius 2 is 0.400 bits per heavy atom. The molecule has 0 aromatic carbocycles. The van der Waals surface area contributed by atoms with Gasteiger partial charge < -0.3 is 0 Å². The first-order chi connectivity index (χ1) is 19.6. The quantitative estimate of drug-likeness (QED) is 0.0199. The van der Waals surface area contributed by atoms with Crippen LogP contribution in [0.4, 0.5) is 0 Å². The lowest BCUT2D eigenvalue weighted by Gasteiger charge is -2.07. The fourth-order valence-corrected chi connectivity index (χ4v) is 8.29. The molecule has 0 radical (unpaired) electrons. The first-order valence-electron chi connectivity index (χ1n) is 18.2. The molecule has 0 aliphatic heterocycles. The molecule has 0 rings (SSSR count). The molecule has 0 fully saturated rings. The number of rotatable bonds is 35. The molecule has 0 amide bonds. The number of hydrogen-bond donors (Lipinski definition) is 0. The Morgan fingerprint density at radius 3 is 0.550 bits per heavy atom. The second kappa shape index (κ2) is 35.3. The van der Waals surface area contributed by atoms with Gasteiger partial charge in [-0.05, 0) is 16.9 Å². The van der Waals surface area contributed by atoms with E-state index in [1.165, 1.54) is 210 Å². The predicted molar refractivity (Wildman–Crippen MR) is 199 cm³/mol. The van der Waals surface area contributed by atoms with Gasteiger partial charge in [0.25, 0.3) is 0 Å². The molecule has 0 heterocycles. The lowest BCUT2D eigenvalue weighted by atomic mass is 10.0. The van der Waals surface area contributed by atoms with Gasteiger partial charge >= 0.3 is 6.00 Å². The van der Waals surface area contributed by atoms with Gasteiger partial charge in [-0.25, -0.2) is 0 Å². The van der Waals surface area contributed by atoms with Crippen molar-refractivity contribution in [3.8, 4) is 0 Å². The van der Waals surface area contributed by atoms with Crippen LogP contribution in [-0.4, -0.2) is 10.4 Å². The van der Waals surface area contributed by atoms with E-state index in [-0.39, 0.29) is 0 Å². The van der Waals surface area contributed by atoms with E-state index in [2.05, 4.69) is 22.6 Å². The van der Waals surface area contributed by atoms with Crippen LogP contribution < -0.4 is 0 Å².